The van der Waals surface area contributed by atoms with Gasteiger partial charge in [-0.05, 0) is 55.0 Å². The van der Waals surface area contributed by atoms with Crippen molar-refractivity contribution in [3.8, 4) is 5.75 Å². The fraction of sp³-hybridized carbons (Fsp3) is 0.391. The standard InChI is InChI=1S/C23H30N2O3/c1-3-5-6-7-8-17-28-21-15-9-18(10-16-21)23(27)25-20-13-11-19(12-14-20)24-22(26)4-2/h9-16H,3-8,17H2,1-2H3,(H,24,26)(H,25,27). The molecule has 0 aliphatic rings. The molecule has 0 saturated carbocycles. The third-order valence-electron chi connectivity index (χ3n) is 4.38. The Morgan fingerprint density at radius 1 is 0.786 bits per heavy atom. The molecular formula is C23H30N2O3. The molecule has 0 aliphatic heterocycles. The van der Waals surface area contributed by atoms with Crippen molar-refractivity contribution >= 4 is 23.2 Å². The van der Waals surface area contributed by atoms with Crippen LogP contribution in [0, 0.1) is 0 Å². The van der Waals surface area contributed by atoms with Crippen LogP contribution in [-0.2, 0) is 4.79 Å². The maximum Gasteiger partial charge on any atom is 0.255 e. The van der Waals surface area contributed by atoms with E-state index in [9.17, 15) is 9.59 Å². The third-order valence-corrected chi connectivity index (χ3v) is 4.38. The van der Waals surface area contributed by atoms with Gasteiger partial charge in [-0.3, -0.25) is 9.59 Å². The molecule has 2 N–H and O–H groups in total. The van der Waals surface area contributed by atoms with Gasteiger partial charge in [0.15, 0.2) is 0 Å². The van der Waals surface area contributed by atoms with E-state index in [-0.39, 0.29) is 11.8 Å². The van der Waals surface area contributed by atoms with E-state index in [1.54, 1.807) is 43.3 Å². The van der Waals surface area contributed by atoms with Gasteiger partial charge in [-0.1, -0.05) is 39.5 Å². The molecule has 0 bridgehead atoms. The van der Waals surface area contributed by atoms with Gasteiger partial charge in [0.25, 0.3) is 5.91 Å². The first-order valence-electron chi connectivity index (χ1n) is 10.1. The van der Waals surface area contributed by atoms with E-state index in [1.807, 2.05) is 12.1 Å². The van der Waals surface area contributed by atoms with Gasteiger partial charge in [0.2, 0.25) is 5.91 Å². The topological polar surface area (TPSA) is 67.4 Å². The number of benzene rings is 2. The van der Waals surface area contributed by atoms with E-state index in [1.165, 1.54) is 25.7 Å². The number of anilines is 2. The number of amides is 2. The molecule has 28 heavy (non-hydrogen) atoms. The number of hydrogen-bond donors (Lipinski definition) is 2. The van der Waals surface area contributed by atoms with E-state index < -0.39 is 0 Å². The molecule has 0 saturated heterocycles. The number of rotatable bonds is 11. The SMILES string of the molecule is CCCCCCCOc1ccc(C(=O)Nc2ccc(NC(=O)CC)cc2)cc1. The molecule has 0 radical (unpaired) electrons. The zero-order chi connectivity index (χ0) is 20.2. The van der Waals surface area contributed by atoms with Crippen molar-refractivity contribution in [3.63, 3.8) is 0 Å². The van der Waals surface area contributed by atoms with Crippen LogP contribution in [0.3, 0.4) is 0 Å². The Balaban J connectivity index is 1.80. The van der Waals surface area contributed by atoms with E-state index in [4.69, 9.17) is 4.74 Å². The molecule has 5 nitrogen and oxygen atoms in total. The highest BCUT2D eigenvalue weighted by atomic mass is 16.5. The minimum atomic E-state index is -0.184. The van der Waals surface area contributed by atoms with E-state index in [2.05, 4.69) is 17.6 Å². The lowest BCUT2D eigenvalue weighted by Gasteiger charge is -2.09. The molecule has 2 rings (SSSR count). The van der Waals surface area contributed by atoms with Crippen LogP contribution in [0.2, 0.25) is 0 Å². The molecule has 0 atom stereocenters. The van der Waals surface area contributed by atoms with Crippen LogP contribution in [0.5, 0.6) is 5.75 Å². The summed E-state index contributed by atoms with van der Waals surface area (Å²) in [6, 6.07) is 14.2. The van der Waals surface area contributed by atoms with Gasteiger partial charge >= 0.3 is 0 Å². The second kappa shape index (κ2) is 11.8. The first-order valence-corrected chi connectivity index (χ1v) is 10.1. The highest BCUT2D eigenvalue weighted by Crippen LogP contribution is 2.17. The van der Waals surface area contributed by atoms with Crippen LogP contribution >= 0.6 is 0 Å². The molecule has 2 aromatic carbocycles. The van der Waals surface area contributed by atoms with Crippen molar-refractivity contribution < 1.29 is 14.3 Å². The molecular weight excluding hydrogens is 352 g/mol. The molecule has 0 fully saturated rings. The van der Waals surface area contributed by atoms with Gasteiger partial charge in [-0.25, -0.2) is 0 Å². The number of carbonyl (C=O) groups is 2. The number of unbranched alkanes of at least 4 members (excludes halogenated alkanes) is 4. The van der Waals surface area contributed by atoms with Crippen molar-refractivity contribution in [2.24, 2.45) is 0 Å². The van der Waals surface area contributed by atoms with Gasteiger partial charge in [0.1, 0.15) is 5.75 Å². The predicted molar refractivity (Wildman–Crippen MR) is 114 cm³/mol. The third kappa shape index (κ3) is 7.43. The van der Waals surface area contributed by atoms with Crippen molar-refractivity contribution in [2.75, 3.05) is 17.2 Å². The molecule has 0 aromatic heterocycles. The first-order chi connectivity index (χ1) is 13.6. The molecule has 150 valence electrons. The van der Waals surface area contributed by atoms with Crippen molar-refractivity contribution in [1.82, 2.24) is 0 Å². The summed E-state index contributed by atoms with van der Waals surface area (Å²) < 4.78 is 5.73. The fourth-order valence-electron chi connectivity index (χ4n) is 2.69. The zero-order valence-corrected chi connectivity index (χ0v) is 16.8. The predicted octanol–water partition coefficient (Wildman–Crippen LogP) is 5.64. The van der Waals surface area contributed by atoms with E-state index in [0.717, 1.165) is 12.2 Å². The van der Waals surface area contributed by atoms with Crippen LogP contribution < -0.4 is 15.4 Å². The number of carbonyl (C=O) groups excluding carboxylic acids is 2. The van der Waals surface area contributed by atoms with Gasteiger partial charge in [0.05, 0.1) is 6.61 Å². The normalized spacial score (nSPS) is 10.4. The first kappa shape index (κ1) is 21.5. The molecule has 0 heterocycles. The highest BCUT2D eigenvalue weighted by molar-refractivity contribution is 6.04. The Kier molecular flexibility index (Phi) is 9.05. The second-order valence-electron chi connectivity index (χ2n) is 6.72. The summed E-state index contributed by atoms with van der Waals surface area (Å²) in [5.74, 6) is 0.555. The summed E-state index contributed by atoms with van der Waals surface area (Å²) in [6.45, 7) is 4.71. The van der Waals surface area contributed by atoms with Gasteiger partial charge in [-0.15, -0.1) is 0 Å². The van der Waals surface area contributed by atoms with Gasteiger partial charge in [-0.2, -0.15) is 0 Å². The quantitative estimate of drug-likeness (QED) is 0.494. The Labute approximate surface area is 167 Å². The van der Waals surface area contributed by atoms with Gasteiger partial charge < -0.3 is 15.4 Å². The van der Waals surface area contributed by atoms with Crippen LogP contribution in [0.4, 0.5) is 11.4 Å². The lowest BCUT2D eigenvalue weighted by molar-refractivity contribution is -0.115. The lowest BCUT2D eigenvalue weighted by Crippen LogP contribution is -2.12. The van der Waals surface area contributed by atoms with Crippen LogP contribution in [0.15, 0.2) is 48.5 Å². The van der Waals surface area contributed by atoms with Crippen LogP contribution in [-0.4, -0.2) is 18.4 Å². The molecule has 2 amide bonds. The second-order valence-corrected chi connectivity index (χ2v) is 6.72. The molecule has 0 spiro atoms. The van der Waals surface area contributed by atoms with E-state index >= 15 is 0 Å². The number of hydrogen-bond acceptors (Lipinski definition) is 3. The summed E-state index contributed by atoms with van der Waals surface area (Å²) in [7, 11) is 0. The average molecular weight is 383 g/mol. The molecule has 0 unspecified atom stereocenters. The Morgan fingerprint density at radius 2 is 1.39 bits per heavy atom. The average Bonchev–Trinajstić information content (AvgIpc) is 2.72. The van der Waals surface area contributed by atoms with Crippen molar-refractivity contribution in [3.05, 3.63) is 54.1 Å². The largest absolute Gasteiger partial charge is 0.494 e. The summed E-state index contributed by atoms with van der Waals surface area (Å²) in [4.78, 5) is 23.8. The zero-order valence-electron chi connectivity index (χ0n) is 16.8. The van der Waals surface area contributed by atoms with Crippen molar-refractivity contribution in [2.45, 2.75) is 52.4 Å². The summed E-state index contributed by atoms with van der Waals surface area (Å²) in [5.41, 5.74) is 1.95. The number of nitrogens with one attached hydrogen (secondary N) is 2. The Morgan fingerprint density at radius 3 is 2.00 bits per heavy atom. The summed E-state index contributed by atoms with van der Waals surface area (Å²) >= 11 is 0. The van der Waals surface area contributed by atoms with E-state index in [0.29, 0.717) is 30.0 Å². The van der Waals surface area contributed by atoms with Crippen molar-refractivity contribution in [1.29, 1.82) is 0 Å². The fourth-order valence-corrected chi connectivity index (χ4v) is 2.69. The summed E-state index contributed by atoms with van der Waals surface area (Å²) in [5, 5.41) is 5.63. The Hall–Kier alpha value is -2.82. The smallest absolute Gasteiger partial charge is 0.255 e. The molecule has 5 heteroatoms. The number of ether oxygens (including phenoxy) is 1. The van der Waals surface area contributed by atoms with Crippen LogP contribution in [0.1, 0.15) is 62.7 Å². The molecule has 2 aromatic rings. The highest BCUT2D eigenvalue weighted by Gasteiger charge is 2.07. The maximum atomic E-state index is 12.4. The minimum Gasteiger partial charge on any atom is -0.494 e. The minimum absolute atomic E-state index is 0.0416. The maximum absolute atomic E-state index is 12.4. The van der Waals surface area contributed by atoms with Gasteiger partial charge in [0, 0.05) is 23.4 Å². The van der Waals surface area contributed by atoms with Crippen LogP contribution in [0.25, 0.3) is 0 Å². The lowest BCUT2D eigenvalue weighted by atomic mass is 10.1. The summed E-state index contributed by atoms with van der Waals surface area (Å²) in [6.07, 6.45) is 6.44. The monoisotopic (exact) mass is 382 g/mol. The molecule has 0 aliphatic carbocycles. The Bertz CT molecular complexity index is 739.